The van der Waals surface area contributed by atoms with Gasteiger partial charge >= 0.3 is 0 Å². The number of halogens is 3. The average Bonchev–Trinajstić information content (AvgIpc) is 2.80. The lowest BCUT2D eigenvalue weighted by Crippen LogP contribution is -2.40. The number of hydrogen-bond acceptors (Lipinski definition) is 2. The Kier molecular flexibility index (Phi) is 5.98. The van der Waals surface area contributed by atoms with E-state index in [0.29, 0.717) is 30.0 Å². The van der Waals surface area contributed by atoms with Crippen LogP contribution in [0, 0.1) is 17.6 Å². The van der Waals surface area contributed by atoms with Crippen LogP contribution in [-0.4, -0.2) is 18.0 Å². The first-order chi connectivity index (χ1) is 10.5. The highest BCUT2D eigenvalue weighted by Gasteiger charge is 2.34. The molecule has 6 heteroatoms. The van der Waals surface area contributed by atoms with Crippen LogP contribution in [-0.2, 0) is 4.79 Å². The summed E-state index contributed by atoms with van der Waals surface area (Å²) < 4.78 is 26.2. The number of nitrogens with one attached hydrogen (secondary N) is 2. The monoisotopic (exact) mass is 344 g/mol. The molecule has 3 unspecified atom stereocenters. The van der Waals surface area contributed by atoms with Gasteiger partial charge in [-0.15, -0.1) is 12.4 Å². The maximum atomic E-state index is 13.2. The van der Waals surface area contributed by atoms with Crippen molar-refractivity contribution in [1.82, 2.24) is 10.6 Å². The van der Waals surface area contributed by atoms with Gasteiger partial charge in [-0.1, -0.05) is 6.07 Å². The number of benzene rings is 1. The average molecular weight is 345 g/mol. The summed E-state index contributed by atoms with van der Waals surface area (Å²) in [5, 5.41) is 6.45. The van der Waals surface area contributed by atoms with Crippen LogP contribution >= 0.6 is 12.4 Å². The van der Waals surface area contributed by atoms with Gasteiger partial charge in [-0.3, -0.25) is 4.79 Å². The van der Waals surface area contributed by atoms with Crippen LogP contribution in [0.1, 0.15) is 50.6 Å². The SMILES string of the molecule is CC(NC(=O)CC1CC2CCC(C1)N2)c1ccc(F)c(F)c1.Cl. The second-order valence-electron chi connectivity index (χ2n) is 6.64. The zero-order chi connectivity index (χ0) is 15.7. The van der Waals surface area contributed by atoms with Gasteiger partial charge in [-0.2, -0.15) is 0 Å². The maximum Gasteiger partial charge on any atom is 0.220 e. The molecule has 2 saturated heterocycles. The second kappa shape index (κ2) is 7.58. The van der Waals surface area contributed by atoms with Gasteiger partial charge in [0.15, 0.2) is 11.6 Å². The zero-order valence-electron chi connectivity index (χ0n) is 13.1. The fraction of sp³-hybridized carbons (Fsp3) is 0.588. The van der Waals surface area contributed by atoms with E-state index in [1.165, 1.54) is 18.9 Å². The first kappa shape index (κ1) is 18.1. The first-order valence-electron chi connectivity index (χ1n) is 8.01. The largest absolute Gasteiger partial charge is 0.350 e. The van der Waals surface area contributed by atoms with Gasteiger partial charge in [0, 0.05) is 18.5 Å². The van der Waals surface area contributed by atoms with Crippen molar-refractivity contribution in [2.75, 3.05) is 0 Å². The molecule has 1 aromatic rings. The van der Waals surface area contributed by atoms with Gasteiger partial charge in [0.2, 0.25) is 5.91 Å². The van der Waals surface area contributed by atoms with Crippen LogP contribution in [0.5, 0.6) is 0 Å². The standard InChI is InChI=1S/C17H22F2N2O.ClH/c1-10(12-2-5-15(18)16(19)9-12)20-17(22)8-11-6-13-3-4-14(7-11)21-13;/h2,5,9-11,13-14,21H,3-4,6-8H2,1H3,(H,20,22);1H. The number of piperidine rings is 1. The Labute approximate surface area is 141 Å². The van der Waals surface area contributed by atoms with E-state index in [2.05, 4.69) is 10.6 Å². The third kappa shape index (κ3) is 4.42. The van der Waals surface area contributed by atoms with Crippen LogP contribution in [0.15, 0.2) is 18.2 Å². The Morgan fingerprint density at radius 2 is 1.91 bits per heavy atom. The number of carbonyl (C=O) groups is 1. The minimum Gasteiger partial charge on any atom is -0.350 e. The Balaban J connectivity index is 0.00000192. The van der Waals surface area contributed by atoms with Gasteiger partial charge < -0.3 is 10.6 Å². The molecule has 2 aliphatic rings. The van der Waals surface area contributed by atoms with Gasteiger partial charge in [0.25, 0.3) is 0 Å². The fourth-order valence-electron chi connectivity index (χ4n) is 3.77. The Bertz CT molecular complexity index is 558. The van der Waals surface area contributed by atoms with E-state index >= 15 is 0 Å². The lowest BCUT2D eigenvalue weighted by molar-refractivity contribution is -0.122. The highest BCUT2D eigenvalue weighted by molar-refractivity contribution is 5.85. The predicted molar refractivity (Wildman–Crippen MR) is 87.5 cm³/mol. The Morgan fingerprint density at radius 3 is 2.52 bits per heavy atom. The van der Waals surface area contributed by atoms with E-state index in [-0.39, 0.29) is 24.4 Å². The topological polar surface area (TPSA) is 41.1 Å². The van der Waals surface area contributed by atoms with Crippen LogP contribution in [0.25, 0.3) is 0 Å². The van der Waals surface area contributed by atoms with Crippen molar-refractivity contribution >= 4 is 18.3 Å². The van der Waals surface area contributed by atoms with Crippen molar-refractivity contribution in [3.8, 4) is 0 Å². The molecule has 3 rings (SSSR count). The van der Waals surface area contributed by atoms with Gasteiger partial charge in [-0.05, 0) is 56.2 Å². The summed E-state index contributed by atoms with van der Waals surface area (Å²) in [5.74, 6) is -1.33. The van der Waals surface area contributed by atoms with Crippen LogP contribution in [0.4, 0.5) is 8.78 Å². The van der Waals surface area contributed by atoms with E-state index in [4.69, 9.17) is 0 Å². The number of amides is 1. The summed E-state index contributed by atoms with van der Waals surface area (Å²) in [5.41, 5.74) is 0.581. The highest BCUT2D eigenvalue weighted by Crippen LogP contribution is 2.32. The minimum atomic E-state index is -0.881. The molecule has 2 bridgehead atoms. The molecule has 2 N–H and O–H groups in total. The van der Waals surface area contributed by atoms with Crippen LogP contribution in [0.2, 0.25) is 0 Å². The number of fused-ring (bicyclic) bond motifs is 2. The molecule has 0 radical (unpaired) electrons. The molecule has 0 spiro atoms. The third-order valence-electron chi connectivity index (χ3n) is 4.87. The molecule has 23 heavy (non-hydrogen) atoms. The summed E-state index contributed by atoms with van der Waals surface area (Å²) in [7, 11) is 0. The molecule has 3 atom stereocenters. The molecule has 2 heterocycles. The van der Waals surface area contributed by atoms with E-state index in [9.17, 15) is 13.6 Å². The first-order valence-corrected chi connectivity index (χ1v) is 8.01. The molecule has 0 aliphatic carbocycles. The van der Waals surface area contributed by atoms with Crippen molar-refractivity contribution in [2.45, 2.75) is 57.2 Å². The van der Waals surface area contributed by atoms with Crippen LogP contribution in [0.3, 0.4) is 0 Å². The number of rotatable bonds is 4. The van der Waals surface area contributed by atoms with Crippen molar-refractivity contribution in [3.05, 3.63) is 35.4 Å². The smallest absolute Gasteiger partial charge is 0.220 e. The molecule has 2 aliphatic heterocycles. The van der Waals surface area contributed by atoms with Gasteiger partial charge in [-0.25, -0.2) is 8.78 Å². The molecular weight excluding hydrogens is 322 g/mol. The zero-order valence-corrected chi connectivity index (χ0v) is 14.0. The Morgan fingerprint density at radius 1 is 1.26 bits per heavy atom. The highest BCUT2D eigenvalue weighted by atomic mass is 35.5. The fourth-order valence-corrected chi connectivity index (χ4v) is 3.77. The minimum absolute atomic E-state index is 0. The lowest BCUT2D eigenvalue weighted by atomic mass is 9.89. The molecule has 1 aromatic carbocycles. The number of hydrogen-bond donors (Lipinski definition) is 2. The summed E-state index contributed by atoms with van der Waals surface area (Å²) in [4.78, 5) is 12.2. The van der Waals surface area contributed by atoms with Crippen molar-refractivity contribution in [1.29, 1.82) is 0 Å². The number of carbonyl (C=O) groups excluding carboxylic acids is 1. The lowest BCUT2D eigenvalue weighted by Gasteiger charge is -2.29. The van der Waals surface area contributed by atoms with E-state index < -0.39 is 11.6 Å². The predicted octanol–water partition coefficient (Wildman–Crippen LogP) is 3.48. The van der Waals surface area contributed by atoms with Crippen molar-refractivity contribution < 1.29 is 13.6 Å². The quantitative estimate of drug-likeness (QED) is 0.878. The van der Waals surface area contributed by atoms with E-state index in [1.807, 2.05) is 0 Å². The normalized spacial score (nSPS) is 27.2. The molecular formula is C17H23ClF2N2O. The molecule has 0 saturated carbocycles. The second-order valence-corrected chi connectivity index (χ2v) is 6.64. The van der Waals surface area contributed by atoms with E-state index in [1.54, 1.807) is 6.92 Å². The Hall–Kier alpha value is -1.20. The summed E-state index contributed by atoms with van der Waals surface area (Å²) in [6, 6.07) is 4.57. The third-order valence-corrected chi connectivity index (χ3v) is 4.87. The van der Waals surface area contributed by atoms with Crippen molar-refractivity contribution in [2.24, 2.45) is 5.92 Å². The maximum absolute atomic E-state index is 13.2. The van der Waals surface area contributed by atoms with Crippen LogP contribution < -0.4 is 10.6 Å². The molecule has 128 valence electrons. The summed E-state index contributed by atoms with van der Waals surface area (Å²) in [6.07, 6.45) is 5.07. The molecule has 2 fully saturated rings. The van der Waals surface area contributed by atoms with E-state index in [0.717, 1.165) is 25.0 Å². The van der Waals surface area contributed by atoms with Gasteiger partial charge in [0.05, 0.1) is 6.04 Å². The molecule has 0 aromatic heterocycles. The molecule has 1 amide bonds. The van der Waals surface area contributed by atoms with Crippen molar-refractivity contribution in [3.63, 3.8) is 0 Å². The summed E-state index contributed by atoms with van der Waals surface area (Å²) in [6.45, 7) is 1.79. The van der Waals surface area contributed by atoms with Gasteiger partial charge in [0.1, 0.15) is 0 Å². The summed E-state index contributed by atoms with van der Waals surface area (Å²) >= 11 is 0. The molecule has 3 nitrogen and oxygen atoms in total.